The van der Waals surface area contributed by atoms with Crippen LogP contribution in [0.1, 0.15) is 17.5 Å². The van der Waals surface area contributed by atoms with E-state index in [2.05, 4.69) is 36.6 Å². The monoisotopic (exact) mass is 220 g/mol. The molecular weight excluding hydrogens is 200 g/mol. The summed E-state index contributed by atoms with van der Waals surface area (Å²) in [6, 6.07) is 8.92. The van der Waals surface area contributed by atoms with Crippen molar-refractivity contribution >= 4 is 0 Å². The fourth-order valence-electron chi connectivity index (χ4n) is 2.32. The fourth-order valence-corrected chi connectivity index (χ4v) is 2.32. The second-order valence-corrected chi connectivity index (χ2v) is 4.59. The molecule has 2 atom stereocenters. The van der Waals surface area contributed by atoms with E-state index < -0.39 is 0 Å². The minimum absolute atomic E-state index is 0.323. The van der Waals surface area contributed by atoms with Gasteiger partial charge in [0.15, 0.2) is 0 Å². The third-order valence-corrected chi connectivity index (χ3v) is 3.29. The van der Waals surface area contributed by atoms with Crippen molar-refractivity contribution < 1.29 is 4.74 Å². The van der Waals surface area contributed by atoms with Gasteiger partial charge in [0.25, 0.3) is 0 Å². The summed E-state index contributed by atoms with van der Waals surface area (Å²) in [6.45, 7) is 3.82. The van der Waals surface area contributed by atoms with Crippen LogP contribution in [0.5, 0.6) is 0 Å². The Morgan fingerprint density at radius 2 is 2.44 bits per heavy atom. The lowest BCUT2D eigenvalue weighted by Crippen LogP contribution is -2.42. The molecule has 88 valence electrons. The maximum atomic E-state index is 5.63. The van der Waals surface area contributed by atoms with Gasteiger partial charge < -0.3 is 4.74 Å². The summed E-state index contributed by atoms with van der Waals surface area (Å²) >= 11 is 0. The van der Waals surface area contributed by atoms with Gasteiger partial charge in [0.1, 0.15) is 0 Å². The molecule has 1 aromatic carbocycles. The average Bonchev–Trinajstić information content (AvgIpc) is 2.79. The Bertz CT molecular complexity index is 334. The number of hydrazine groups is 1. The first-order valence-electron chi connectivity index (χ1n) is 5.89. The molecule has 1 heterocycles. The van der Waals surface area contributed by atoms with Crippen molar-refractivity contribution in [3.63, 3.8) is 0 Å². The fraction of sp³-hybridized carbons (Fsp3) is 0.538. The van der Waals surface area contributed by atoms with E-state index in [0.717, 1.165) is 26.1 Å². The molecule has 1 fully saturated rings. The lowest BCUT2D eigenvalue weighted by atomic mass is 9.93. The van der Waals surface area contributed by atoms with Crippen LogP contribution in [0.15, 0.2) is 24.3 Å². The van der Waals surface area contributed by atoms with Gasteiger partial charge in [-0.1, -0.05) is 29.8 Å². The minimum atomic E-state index is 0.323. The van der Waals surface area contributed by atoms with Crippen molar-refractivity contribution in [2.45, 2.75) is 25.8 Å². The van der Waals surface area contributed by atoms with Crippen molar-refractivity contribution in [3.8, 4) is 0 Å². The second-order valence-electron chi connectivity index (χ2n) is 4.59. The molecule has 0 amide bonds. The molecule has 0 aliphatic carbocycles. The maximum absolute atomic E-state index is 5.63. The third-order valence-electron chi connectivity index (χ3n) is 3.29. The summed E-state index contributed by atoms with van der Waals surface area (Å²) in [5.74, 6) is 6.18. The molecular formula is C13H20N2O. The predicted octanol–water partition coefficient (Wildman–Crippen LogP) is 1.41. The van der Waals surface area contributed by atoms with Gasteiger partial charge in [-0.2, -0.15) is 0 Å². The number of ether oxygens (including phenoxy) is 1. The second kappa shape index (κ2) is 5.43. The predicted molar refractivity (Wildman–Crippen MR) is 64.9 cm³/mol. The van der Waals surface area contributed by atoms with Gasteiger partial charge in [-0.15, -0.1) is 0 Å². The normalized spacial score (nSPS) is 22.2. The van der Waals surface area contributed by atoms with E-state index in [0.29, 0.717) is 12.0 Å². The molecule has 1 aromatic rings. The van der Waals surface area contributed by atoms with Crippen molar-refractivity contribution in [1.82, 2.24) is 5.43 Å². The Kier molecular flexibility index (Phi) is 3.93. The SMILES string of the molecule is Cc1cccc(CC(NN)C2CCOC2)c1. The van der Waals surface area contributed by atoms with E-state index in [9.17, 15) is 0 Å². The molecule has 0 radical (unpaired) electrons. The van der Waals surface area contributed by atoms with E-state index in [1.807, 2.05) is 0 Å². The number of nitrogens with one attached hydrogen (secondary N) is 1. The van der Waals surface area contributed by atoms with E-state index in [4.69, 9.17) is 10.6 Å². The summed E-state index contributed by atoms with van der Waals surface area (Å²) < 4.78 is 5.41. The van der Waals surface area contributed by atoms with Gasteiger partial charge in [0.05, 0.1) is 6.61 Å². The number of aryl methyl sites for hydroxylation is 1. The van der Waals surface area contributed by atoms with Crippen LogP contribution in [0, 0.1) is 12.8 Å². The molecule has 0 spiro atoms. The Balaban J connectivity index is 2.00. The van der Waals surface area contributed by atoms with Crippen molar-refractivity contribution in [1.29, 1.82) is 0 Å². The molecule has 2 unspecified atom stereocenters. The molecule has 1 aliphatic heterocycles. The molecule has 16 heavy (non-hydrogen) atoms. The zero-order valence-electron chi connectivity index (χ0n) is 9.78. The number of hydrogen-bond donors (Lipinski definition) is 2. The summed E-state index contributed by atoms with van der Waals surface area (Å²) in [7, 11) is 0. The molecule has 1 aliphatic rings. The third kappa shape index (κ3) is 2.82. The van der Waals surface area contributed by atoms with Crippen molar-refractivity contribution in [3.05, 3.63) is 35.4 Å². The zero-order valence-corrected chi connectivity index (χ0v) is 9.78. The van der Waals surface area contributed by atoms with E-state index >= 15 is 0 Å². The van der Waals surface area contributed by atoms with Crippen LogP contribution in [-0.4, -0.2) is 19.3 Å². The first-order valence-corrected chi connectivity index (χ1v) is 5.89. The zero-order chi connectivity index (χ0) is 11.4. The summed E-state index contributed by atoms with van der Waals surface area (Å²) in [4.78, 5) is 0. The molecule has 3 N–H and O–H groups in total. The number of benzene rings is 1. The van der Waals surface area contributed by atoms with Crippen LogP contribution in [0.3, 0.4) is 0 Å². The van der Waals surface area contributed by atoms with Gasteiger partial charge in [-0.25, -0.2) is 0 Å². The molecule has 3 heteroatoms. The highest BCUT2D eigenvalue weighted by atomic mass is 16.5. The Morgan fingerprint density at radius 3 is 3.06 bits per heavy atom. The van der Waals surface area contributed by atoms with Gasteiger partial charge in [0.2, 0.25) is 0 Å². The standard InChI is InChI=1S/C13H20N2O/c1-10-3-2-4-11(7-10)8-13(15-14)12-5-6-16-9-12/h2-4,7,12-13,15H,5-6,8-9,14H2,1H3. The van der Waals surface area contributed by atoms with Crippen molar-refractivity contribution in [2.24, 2.45) is 11.8 Å². The summed E-state index contributed by atoms with van der Waals surface area (Å²) in [5, 5.41) is 0. The number of hydrogen-bond acceptors (Lipinski definition) is 3. The van der Waals surface area contributed by atoms with Crippen LogP contribution < -0.4 is 11.3 Å². The van der Waals surface area contributed by atoms with Gasteiger partial charge in [0, 0.05) is 18.6 Å². The lowest BCUT2D eigenvalue weighted by molar-refractivity contribution is 0.176. The van der Waals surface area contributed by atoms with Gasteiger partial charge in [-0.3, -0.25) is 11.3 Å². The van der Waals surface area contributed by atoms with E-state index in [1.165, 1.54) is 11.1 Å². The average molecular weight is 220 g/mol. The van der Waals surface area contributed by atoms with Crippen LogP contribution >= 0.6 is 0 Å². The Hall–Kier alpha value is -0.900. The summed E-state index contributed by atoms with van der Waals surface area (Å²) in [5.41, 5.74) is 5.58. The molecule has 1 saturated heterocycles. The molecule has 2 rings (SSSR count). The highest BCUT2D eigenvalue weighted by Gasteiger charge is 2.24. The lowest BCUT2D eigenvalue weighted by Gasteiger charge is -2.21. The maximum Gasteiger partial charge on any atom is 0.0510 e. The quantitative estimate of drug-likeness (QED) is 0.595. The van der Waals surface area contributed by atoms with Crippen molar-refractivity contribution in [2.75, 3.05) is 13.2 Å². The smallest absolute Gasteiger partial charge is 0.0510 e. The first-order chi connectivity index (χ1) is 7.79. The summed E-state index contributed by atoms with van der Waals surface area (Å²) in [6.07, 6.45) is 2.09. The topological polar surface area (TPSA) is 47.3 Å². The molecule has 3 nitrogen and oxygen atoms in total. The Morgan fingerprint density at radius 1 is 1.56 bits per heavy atom. The van der Waals surface area contributed by atoms with Crippen LogP contribution in [0.2, 0.25) is 0 Å². The molecule has 0 aromatic heterocycles. The number of nitrogens with two attached hydrogens (primary N) is 1. The van der Waals surface area contributed by atoms with Gasteiger partial charge >= 0.3 is 0 Å². The van der Waals surface area contributed by atoms with Crippen LogP contribution in [0.25, 0.3) is 0 Å². The minimum Gasteiger partial charge on any atom is -0.381 e. The molecule has 0 bridgehead atoms. The van der Waals surface area contributed by atoms with Crippen LogP contribution in [-0.2, 0) is 11.2 Å². The molecule has 0 saturated carbocycles. The van der Waals surface area contributed by atoms with E-state index in [-0.39, 0.29) is 0 Å². The largest absolute Gasteiger partial charge is 0.381 e. The first kappa shape index (κ1) is 11.6. The Labute approximate surface area is 97.0 Å². The number of rotatable bonds is 4. The van der Waals surface area contributed by atoms with Crippen LogP contribution in [0.4, 0.5) is 0 Å². The van der Waals surface area contributed by atoms with Gasteiger partial charge in [-0.05, 0) is 25.3 Å². The highest BCUT2D eigenvalue weighted by molar-refractivity contribution is 5.23. The highest BCUT2D eigenvalue weighted by Crippen LogP contribution is 2.19. The van der Waals surface area contributed by atoms with E-state index in [1.54, 1.807) is 0 Å².